The summed E-state index contributed by atoms with van der Waals surface area (Å²) < 4.78 is 6.01. The molecule has 2 aromatic rings. The number of nitrogens with two attached hydrogens (primary N) is 1. The highest BCUT2D eigenvalue weighted by Crippen LogP contribution is 2.30. The SMILES string of the molecule is Cl.NC1CCN(C(=O)C(Oc2ccc(Cl)c(Cl)c2)c2ccccc2)CC1. The van der Waals surface area contributed by atoms with Crippen LogP contribution in [-0.4, -0.2) is 29.9 Å². The lowest BCUT2D eigenvalue weighted by Crippen LogP contribution is -2.45. The fourth-order valence-corrected chi connectivity index (χ4v) is 3.15. The Labute approximate surface area is 169 Å². The van der Waals surface area contributed by atoms with Gasteiger partial charge < -0.3 is 15.4 Å². The van der Waals surface area contributed by atoms with Crippen LogP contribution in [0.2, 0.25) is 10.0 Å². The Kier molecular flexibility index (Phi) is 7.59. The van der Waals surface area contributed by atoms with E-state index in [9.17, 15) is 4.79 Å². The first-order valence-electron chi connectivity index (χ1n) is 8.25. The van der Waals surface area contributed by atoms with Gasteiger partial charge in [0.25, 0.3) is 5.91 Å². The lowest BCUT2D eigenvalue weighted by atomic mass is 10.0. The number of benzene rings is 2. The van der Waals surface area contributed by atoms with Gasteiger partial charge in [-0.3, -0.25) is 4.79 Å². The molecule has 140 valence electrons. The predicted octanol–water partition coefficient (Wildman–Crippen LogP) is 4.49. The van der Waals surface area contributed by atoms with Crippen molar-refractivity contribution in [1.82, 2.24) is 4.90 Å². The molecule has 0 aliphatic carbocycles. The number of likely N-dealkylation sites (tertiary alicyclic amines) is 1. The Hall–Kier alpha value is -1.46. The number of hydrogen-bond acceptors (Lipinski definition) is 3. The molecule has 0 radical (unpaired) electrons. The van der Waals surface area contributed by atoms with Crippen LogP contribution in [-0.2, 0) is 4.79 Å². The summed E-state index contributed by atoms with van der Waals surface area (Å²) >= 11 is 12.0. The van der Waals surface area contributed by atoms with Gasteiger partial charge >= 0.3 is 0 Å². The first-order valence-corrected chi connectivity index (χ1v) is 9.01. The summed E-state index contributed by atoms with van der Waals surface area (Å²) in [6, 6.07) is 14.6. The minimum Gasteiger partial charge on any atom is -0.476 e. The average Bonchev–Trinajstić information content (AvgIpc) is 2.63. The van der Waals surface area contributed by atoms with E-state index in [0.29, 0.717) is 28.9 Å². The molecule has 1 fully saturated rings. The average molecular weight is 416 g/mol. The fraction of sp³-hybridized carbons (Fsp3) is 0.316. The molecule has 0 bridgehead atoms. The molecule has 1 unspecified atom stereocenters. The maximum atomic E-state index is 13.1. The number of hydrogen-bond donors (Lipinski definition) is 1. The molecular formula is C19H21Cl3N2O2. The molecule has 26 heavy (non-hydrogen) atoms. The van der Waals surface area contributed by atoms with E-state index < -0.39 is 6.10 Å². The van der Waals surface area contributed by atoms with Gasteiger partial charge in [-0.1, -0.05) is 53.5 Å². The monoisotopic (exact) mass is 414 g/mol. The summed E-state index contributed by atoms with van der Waals surface area (Å²) in [6.45, 7) is 1.29. The molecule has 1 aliphatic heterocycles. The van der Waals surface area contributed by atoms with Crippen LogP contribution in [0.25, 0.3) is 0 Å². The second kappa shape index (κ2) is 9.47. The number of rotatable bonds is 4. The number of amides is 1. The van der Waals surface area contributed by atoms with Gasteiger partial charge in [-0.15, -0.1) is 12.4 Å². The Morgan fingerprint density at radius 2 is 1.73 bits per heavy atom. The minimum atomic E-state index is -0.729. The molecule has 0 aromatic heterocycles. The quantitative estimate of drug-likeness (QED) is 0.800. The number of carbonyl (C=O) groups is 1. The minimum absolute atomic E-state index is 0. The van der Waals surface area contributed by atoms with E-state index in [1.807, 2.05) is 35.2 Å². The lowest BCUT2D eigenvalue weighted by Gasteiger charge is -2.33. The third-order valence-electron chi connectivity index (χ3n) is 4.32. The zero-order chi connectivity index (χ0) is 17.8. The molecule has 1 saturated heterocycles. The van der Waals surface area contributed by atoms with Gasteiger partial charge in [0.05, 0.1) is 10.0 Å². The number of halogens is 3. The molecule has 2 aromatic carbocycles. The maximum absolute atomic E-state index is 13.1. The Bertz CT molecular complexity index is 735. The van der Waals surface area contributed by atoms with Gasteiger partial charge in [0.1, 0.15) is 5.75 Å². The topological polar surface area (TPSA) is 55.6 Å². The summed E-state index contributed by atoms with van der Waals surface area (Å²) in [5.74, 6) is 0.439. The number of nitrogens with zero attached hydrogens (tertiary/aromatic N) is 1. The van der Waals surface area contributed by atoms with E-state index in [4.69, 9.17) is 33.7 Å². The van der Waals surface area contributed by atoms with E-state index >= 15 is 0 Å². The van der Waals surface area contributed by atoms with Crippen molar-refractivity contribution in [3.05, 3.63) is 64.1 Å². The van der Waals surface area contributed by atoms with Crippen LogP contribution in [0.4, 0.5) is 0 Å². The second-order valence-electron chi connectivity index (χ2n) is 6.15. The Morgan fingerprint density at radius 1 is 1.08 bits per heavy atom. The van der Waals surface area contributed by atoms with Crippen molar-refractivity contribution in [3.63, 3.8) is 0 Å². The molecule has 1 aliphatic rings. The van der Waals surface area contributed by atoms with Crippen molar-refractivity contribution in [2.24, 2.45) is 5.73 Å². The van der Waals surface area contributed by atoms with E-state index in [2.05, 4.69) is 0 Å². The molecule has 2 N–H and O–H groups in total. The smallest absolute Gasteiger partial charge is 0.268 e. The molecule has 1 atom stereocenters. The standard InChI is InChI=1S/C19H20Cl2N2O2.ClH/c20-16-7-6-15(12-17(16)21)25-18(13-4-2-1-3-5-13)19(24)23-10-8-14(22)9-11-23;/h1-7,12,14,18H,8-11,22H2;1H. The summed E-state index contributed by atoms with van der Waals surface area (Å²) in [4.78, 5) is 14.9. The maximum Gasteiger partial charge on any atom is 0.268 e. The van der Waals surface area contributed by atoms with Crippen LogP contribution in [0.1, 0.15) is 24.5 Å². The zero-order valence-electron chi connectivity index (χ0n) is 14.1. The highest BCUT2D eigenvalue weighted by molar-refractivity contribution is 6.42. The highest BCUT2D eigenvalue weighted by atomic mass is 35.5. The molecule has 0 saturated carbocycles. The first-order chi connectivity index (χ1) is 12.0. The van der Waals surface area contributed by atoms with E-state index in [-0.39, 0.29) is 24.4 Å². The summed E-state index contributed by atoms with van der Waals surface area (Å²) in [7, 11) is 0. The van der Waals surface area contributed by atoms with Crippen molar-refractivity contribution in [1.29, 1.82) is 0 Å². The number of carbonyl (C=O) groups excluding carboxylic acids is 1. The molecule has 7 heteroatoms. The highest BCUT2D eigenvalue weighted by Gasteiger charge is 2.30. The van der Waals surface area contributed by atoms with Crippen LogP contribution >= 0.6 is 35.6 Å². The number of piperidine rings is 1. The van der Waals surface area contributed by atoms with Crippen molar-refractivity contribution < 1.29 is 9.53 Å². The van der Waals surface area contributed by atoms with Gasteiger partial charge in [-0.2, -0.15) is 0 Å². The van der Waals surface area contributed by atoms with E-state index in [1.54, 1.807) is 18.2 Å². The van der Waals surface area contributed by atoms with Crippen LogP contribution in [0, 0.1) is 0 Å². The van der Waals surface area contributed by atoms with Gasteiger partial charge in [-0.25, -0.2) is 0 Å². The van der Waals surface area contributed by atoms with Crippen molar-refractivity contribution >= 4 is 41.5 Å². The third-order valence-corrected chi connectivity index (χ3v) is 5.06. The fourth-order valence-electron chi connectivity index (χ4n) is 2.86. The predicted molar refractivity (Wildman–Crippen MR) is 107 cm³/mol. The van der Waals surface area contributed by atoms with Gasteiger partial charge in [-0.05, 0) is 25.0 Å². The normalized spacial score (nSPS) is 15.9. The molecule has 3 rings (SSSR count). The summed E-state index contributed by atoms with van der Waals surface area (Å²) in [5, 5.41) is 0.837. The van der Waals surface area contributed by atoms with Crippen molar-refractivity contribution in [3.8, 4) is 5.75 Å². The lowest BCUT2D eigenvalue weighted by molar-refractivity contribution is -0.140. The van der Waals surface area contributed by atoms with E-state index in [0.717, 1.165) is 18.4 Å². The van der Waals surface area contributed by atoms with Crippen molar-refractivity contribution in [2.75, 3.05) is 13.1 Å². The van der Waals surface area contributed by atoms with E-state index in [1.165, 1.54) is 0 Å². The number of ether oxygens (including phenoxy) is 1. The zero-order valence-corrected chi connectivity index (χ0v) is 16.4. The molecule has 4 nitrogen and oxygen atoms in total. The Balaban J connectivity index is 0.00000243. The van der Waals surface area contributed by atoms with Crippen LogP contribution in [0.3, 0.4) is 0 Å². The van der Waals surface area contributed by atoms with Gasteiger partial charge in [0.2, 0.25) is 6.10 Å². The molecule has 1 heterocycles. The largest absolute Gasteiger partial charge is 0.476 e. The third kappa shape index (κ3) is 5.04. The van der Waals surface area contributed by atoms with Crippen molar-refractivity contribution in [2.45, 2.75) is 25.0 Å². The van der Waals surface area contributed by atoms with Gasteiger partial charge in [0, 0.05) is 30.8 Å². The second-order valence-corrected chi connectivity index (χ2v) is 6.96. The molecule has 0 spiro atoms. The van der Waals surface area contributed by atoms with Crippen LogP contribution in [0.5, 0.6) is 5.75 Å². The van der Waals surface area contributed by atoms with Gasteiger partial charge in [0.15, 0.2) is 0 Å². The summed E-state index contributed by atoms with van der Waals surface area (Å²) in [6.07, 6.45) is 0.882. The molecular weight excluding hydrogens is 395 g/mol. The first kappa shape index (κ1) is 20.8. The van der Waals surface area contributed by atoms with Crippen LogP contribution in [0.15, 0.2) is 48.5 Å². The van der Waals surface area contributed by atoms with Crippen LogP contribution < -0.4 is 10.5 Å². The Morgan fingerprint density at radius 3 is 2.35 bits per heavy atom. The molecule has 1 amide bonds. The summed E-state index contributed by atoms with van der Waals surface area (Å²) in [5.41, 5.74) is 6.74.